The van der Waals surface area contributed by atoms with Crippen molar-refractivity contribution in [3.8, 4) is 11.5 Å². The molecule has 17 N–H and O–H groups in total. The van der Waals surface area contributed by atoms with Crippen molar-refractivity contribution >= 4 is 69.6 Å². The Morgan fingerprint density at radius 3 is 1.81 bits per heavy atom. The molecule has 5 aliphatic heterocycles. The maximum absolute atomic E-state index is 15.0. The molecule has 32 heteroatoms. The van der Waals surface area contributed by atoms with Gasteiger partial charge in [-0.3, -0.25) is 52.1 Å². The SMILES string of the molecule is CC1CCN(c2ccc(N3CCN(c4ccc(C(=O)NC5C[C@@H](O)CNC(=O)[C@@H]6[C@@H](O)[C@@H](C)CN6C(=O)[C@H]([C@H](O)CCN(C)C(CO)CO)NC(=O)[C@H]([C@H](O)Cc6ccc(O)c(OS(O)(O)O)c6)NC(=O)[C@@H]6C[C@@H](O)CN6C(=O)[C@H]([C@@H](C)O)NC5=O)cc4)CC3)cc2)CC1. The number of fused-ring (bicyclic) bond motifs is 2. The third-order valence-corrected chi connectivity index (χ3v) is 18.8. The van der Waals surface area contributed by atoms with Crippen LogP contribution < -0.4 is 45.5 Å². The van der Waals surface area contributed by atoms with Gasteiger partial charge in [-0.2, -0.15) is 0 Å². The molecule has 1 unspecified atom stereocenters. The lowest BCUT2D eigenvalue weighted by Gasteiger charge is -2.38. The summed E-state index contributed by atoms with van der Waals surface area (Å²) in [6, 6.07) is 5.90. The van der Waals surface area contributed by atoms with Gasteiger partial charge in [-0.05, 0) is 105 Å². The van der Waals surface area contributed by atoms with E-state index in [1.807, 2.05) is 0 Å². The second-order valence-electron chi connectivity index (χ2n) is 25.3. The lowest BCUT2D eigenvalue weighted by Crippen LogP contribution is -2.64. The van der Waals surface area contributed by atoms with E-state index >= 15 is 4.79 Å². The van der Waals surface area contributed by atoms with E-state index < -0.39 is 201 Å². The first-order valence-electron chi connectivity index (χ1n) is 31.6. The van der Waals surface area contributed by atoms with Gasteiger partial charge in [0.15, 0.2) is 11.5 Å². The molecule has 0 spiro atoms. The molecule has 13 atom stereocenters. The Bertz CT molecular complexity index is 3100. The first-order valence-corrected chi connectivity index (χ1v) is 33.0. The fourth-order valence-corrected chi connectivity index (χ4v) is 13.0. The second-order valence-corrected chi connectivity index (χ2v) is 26.5. The third kappa shape index (κ3) is 18.2. The Kier molecular flexibility index (Phi) is 24.8. The van der Waals surface area contributed by atoms with Crippen LogP contribution in [-0.2, 0) is 35.2 Å². The predicted molar refractivity (Wildman–Crippen MR) is 342 cm³/mol. The highest BCUT2D eigenvalue weighted by atomic mass is 32.3. The van der Waals surface area contributed by atoms with Crippen LogP contribution in [0.15, 0.2) is 66.7 Å². The Balaban J connectivity index is 1.07. The highest BCUT2D eigenvalue weighted by molar-refractivity contribution is 8.15. The number of nitrogens with one attached hydrogen (secondary N) is 5. The number of rotatable bonds is 18. The molecule has 94 heavy (non-hydrogen) atoms. The average molecular weight is 1340 g/mol. The maximum Gasteiger partial charge on any atom is 0.266 e. The van der Waals surface area contributed by atoms with Crippen molar-refractivity contribution in [3.05, 3.63) is 77.9 Å². The van der Waals surface area contributed by atoms with E-state index in [-0.39, 0.29) is 24.2 Å². The zero-order valence-corrected chi connectivity index (χ0v) is 53.8. The quantitative estimate of drug-likeness (QED) is 0.0607. The van der Waals surface area contributed by atoms with Crippen LogP contribution >= 0.6 is 11.2 Å². The number of likely N-dealkylation sites (N-methyl/N-ethyl adjacent to an activating group) is 1. The fourth-order valence-electron chi connectivity index (χ4n) is 12.6. The van der Waals surface area contributed by atoms with Gasteiger partial charge >= 0.3 is 0 Å². The number of carbonyl (C=O) groups is 7. The molecular formula is C62H91N11O20S. The van der Waals surface area contributed by atoms with E-state index in [0.29, 0.717) is 13.1 Å². The minimum absolute atomic E-state index is 0.0542. The van der Waals surface area contributed by atoms with E-state index in [0.717, 1.165) is 72.3 Å². The highest BCUT2D eigenvalue weighted by Gasteiger charge is 2.50. The molecule has 0 saturated carbocycles. The molecule has 7 amide bonds. The summed E-state index contributed by atoms with van der Waals surface area (Å²) < 4.78 is 33.4. The number of phenols is 1. The Morgan fingerprint density at radius 1 is 0.681 bits per heavy atom. The summed E-state index contributed by atoms with van der Waals surface area (Å²) in [5.41, 5.74) is 3.16. The molecule has 0 radical (unpaired) electrons. The van der Waals surface area contributed by atoms with Crippen LogP contribution in [0.25, 0.3) is 0 Å². The first-order chi connectivity index (χ1) is 44.5. The van der Waals surface area contributed by atoms with Gasteiger partial charge in [0.2, 0.25) is 35.4 Å². The summed E-state index contributed by atoms with van der Waals surface area (Å²) in [5, 5.41) is 112. The highest BCUT2D eigenvalue weighted by Crippen LogP contribution is 2.41. The zero-order chi connectivity index (χ0) is 68.5. The van der Waals surface area contributed by atoms with E-state index in [1.165, 1.54) is 43.5 Å². The molecule has 3 aromatic carbocycles. The van der Waals surface area contributed by atoms with Gasteiger partial charge in [0.05, 0.1) is 55.9 Å². The summed E-state index contributed by atoms with van der Waals surface area (Å²) in [4.78, 5) is 112. The molecule has 5 aliphatic rings. The van der Waals surface area contributed by atoms with Gasteiger partial charge in [0, 0.05) is 113 Å². The number of piperidine rings is 1. The topological polar surface area (TPSA) is 451 Å². The summed E-state index contributed by atoms with van der Waals surface area (Å²) in [7, 11) is 1.48. The van der Waals surface area contributed by atoms with Crippen molar-refractivity contribution in [2.75, 3.05) is 100 Å². The van der Waals surface area contributed by atoms with E-state index in [9.17, 15) is 88.4 Å². The number of anilines is 3. The Morgan fingerprint density at radius 2 is 1.23 bits per heavy atom. The van der Waals surface area contributed by atoms with Gasteiger partial charge in [-0.15, -0.1) is 0 Å². The standard InChI is InChI=1S/C62H91N11O20S/c1-34-15-19-69(20-16-34)40-10-12-41(13-11-40)71-23-21-70(22-24-71)39-8-6-38(7-9-39)56(83)64-45-27-43(77)29-63-60(87)54-55(82)35(2)30-73(54)62(89)53(48(80)17-18-68(4)42(32-74)33-75)67-59(86)52(49(81)25-37-5-14-47(79)50(26-37)93-94(90,91)92)66-58(85)46-28-44(78)31-72(46)61(88)51(36(3)76)65-57(45)84/h5-14,26,34-36,42-46,48-49,51-55,74-82,90-92H,15-25,27-33H2,1-4H3,(H,63,87)(H,64,83)(H,65,84)(H,66,85)(H,67,86)/t35-,36+,43+,44+,45?,46-,48+,49+,51-,52-,53-,54-,55-/m0/s1. The van der Waals surface area contributed by atoms with Crippen LogP contribution in [0.5, 0.6) is 11.5 Å². The summed E-state index contributed by atoms with van der Waals surface area (Å²) in [5.74, 6) is -9.56. The van der Waals surface area contributed by atoms with Crippen molar-refractivity contribution in [2.45, 2.75) is 138 Å². The number of aliphatic hydroxyl groups excluding tert-OH is 8. The average Bonchev–Trinajstić information content (AvgIpc) is 1.61. The van der Waals surface area contributed by atoms with Crippen LogP contribution in [0, 0.1) is 11.8 Å². The summed E-state index contributed by atoms with van der Waals surface area (Å²) in [6.45, 7) is 6.90. The molecule has 0 bridgehead atoms. The molecule has 3 aromatic rings. The molecule has 5 fully saturated rings. The fraction of sp³-hybridized carbons (Fsp3) is 0.597. The number of aromatic hydroxyl groups is 1. The van der Waals surface area contributed by atoms with Gasteiger partial charge in [-0.25, -0.2) is 0 Å². The lowest BCUT2D eigenvalue weighted by molar-refractivity contribution is -0.147. The third-order valence-electron chi connectivity index (χ3n) is 18.4. The van der Waals surface area contributed by atoms with Crippen molar-refractivity contribution in [1.29, 1.82) is 0 Å². The van der Waals surface area contributed by atoms with Crippen LogP contribution in [0.3, 0.4) is 0 Å². The number of phenolic OH excluding ortho intramolecular Hbond substituents is 1. The van der Waals surface area contributed by atoms with Crippen LogP contribution in [0.2, 0.25) is 0 Å². The molecule has 0 aromatic heterocycles. The smallest absolute Gasteiger partial charge is 0.266 e. The van der Waals surface area contributed by atoms with Crippen molar-refractivity contribution in [1.82, 2.24) is 41.3 Å². The number of hydrogen-bond donors (Lipinski definition) is 17. The molecule has 0 aliphatic carbocycles. The van der Waals surface area contributed by atoms with Crippen molar-refractivity contribution in [2.24, 2.45) is 11.8 Å². The number of β-amino-alcohol motifs (C(OH)–C–C–N with tert-alkyl or cyclic N) is 1. The van der Waals surface area contributed by atoms with Crippen LogP contribution in [-0.4, -0.2) is 280 Å². The number of amides is 7. The van der Waals surface area contributed by atoms with E-state index in [4.69, 9.17) is 0 Å². The minimum atomic E-state index is -4.74. The number of benzene rings is 3. The second kappa shape index (κ2) is 32.0. The number of carbonyl (C=O) groups excluding carboxylic acids is 7. The molecule has 5 heterocycles. The molecule has 31 nitrogen and oxygen atoms in total. The Labute approximate surface area is 546 Å². The molecular weight excluding hydrogens is 1250 g/mol. The first kappa shape index (κ1) is 72.6. The summed E-state index contributed by atoms with van der Waals surface area (Å²) >= 11 is -4.74. The molecule has 8 rings (SSSR count). The monoisotopic (exact) mass is 1340 g/mol. The van der Waals surface area contributed by atoms with Gasteiger partial charge in [0.1, 0.15) is 36.3 Å². The number of aliphatic hydroxyl groups is 8. The minimum Gasteiger partial charge on any atom is -0.504 e. The van der Waals surface area contributed by atoms with Gasteiger partial charge in [0.25, 0.3) is 17.1 Å². The molecule has 5 saturated heterocycles. The number of piperazine rings is 1. The van der Waals surface area contributed by atoms with Crippen molar-refractivity contribution in [3.63, 3.8) is 0 Å². The maximum atomic E-state index is 15.0. The van der Waals surface area contributed by atoms with Crippen LogP contribution in [0.1, 0.15) is 68.8 Å². The predicted octanol–water partition coefficient (Wildman–Crippen LogP) is -2.90. The van der Waals surface area contributed by atoms with Crippen molar-refractivity contribution < 1.29 is 97.4 Å². The van der Waals surface area contributed by atoms with E-state index in [2.05, 4.69) is 76.7 Å². The summed E-state index contributed by atoms with van der Waals surface area (Å²) in [6.07, 6.45) is -10.5. The van der Waals surface area contributed by atoms with Crippen LogP contribution in [0.4, 0.5) is 17.1 Å². The van der Waals surface area contributed by atoms with Gasteiger partial charge < -0.3 is 101 Å². The number of hydrogen-bond acceptors (Lipinski definition) is 24. The largest absolute Gasteiger partial charge is 0.504 e. The Hall–Kier alpha value is -7.18. The lowest BCUT2D eigenvalue weighted by atomic mass is 9.98. The van der Waals surface area contributed by atoms with Gasteiger partial charge in [-0.1, -0.05) is 19.9 Å². The zero-order valence-electron chi connectivity index (χ0n) is 53.0. The molecule has 520 valence electrons. The number of nitrogens with zero attached hydrogens (tertiary/aromatic N) is 6. The normalized spacial score (nSPS) is 27.2. The van der Waals surface area contributed by atoms with E-state index in [1.54, 1.807) is 24.3 Å².